The standard InChI is InChI=1S/C32H43BrN5O7P/c1-6-7-11-25-36-27-28(38(25)18-20-9-8-10-24(39)29(20)45-46(41,42)43)22-16-21(12-13-23(22)35-30(27)34)31(2,3)14-15-44-19-32(4,5)37-26(40)17-33/h8-10,12-13,16,39H,6-7,11,14-15,17-19H2,1-5H3,(H2,34,35)(H,37,40)(H2,41,42,43). The molecule has 0 atom stereocenters. The summed E-state index contributed by atoms with van der Waals surface area (Å²) in [5.41, 5.74) is 9.00. The lowest BCUT2D eigenvalue weighted by molar-refractivity contribution is -0.120. The molecule has 2 heterocycles. The molecule has 4 rings (SSSR count). The van der Waals surface area contributed by atoms with Gasteiger partial charge in [0.05, 0.1) is 35.1 Å². The number of phosphoric acid groups is 1. The van der Waals surface area contributed by atoms with E-state index in [1.54, 1.807) is 12.1 Å². The quantitative estimate of drug-likeness (QED) is 0.0580. The van der Waals surface area contributed by atoms with Crippen molar-refractivity contribution >= 4 is 57.4 Å². The summed E-state index contributed by atoms with van der Waals surface area (Å²) < 4.78 is 24.7. The zero-order chi connectivity index (χ0) is 33.9. The molecule has 0 unspecified atom stereocenters. The molecule has 6 N–H and O–H groups in total. The number of aryl methyl sites for hydroxylation is 1. The van der Waals surface area contributed by atoms with E-state index < -0.39 is 13.4 Å². The van der Waals surface area contributed by atoms with Gasteiger partial charge >= 0.3 is 7.82 Å². The molecular formula is C32H43BrN5O7P. The number of hydrogen-bond acceptors (Lipinski definition) is 8. The number of carbonyl (C=O) groups is 1. The first-order valence-electron chi connectivity index (χ1n) is 15.1. The van der Waals surface area contributed by atoms with Crippen LogP contribution in [0.3, 0.4) is 0 Å². The number of aromatic hydroxyl groups is 1. The highest BCUT2D eigenvalue weighted by atomic mass is 79.9. The number of nitrogen functional groups attached to an aromatic ring is 1. The van der Waals surface area contributed by atoms with Crippen molar-refractivity contribution in [3.63, 3.8) is 0 Å². The number of alkyl halides is 1. The largest absolute Gasteiger partial charge is 0.524 e. The lowest BCUT2D eigenvalue weighted by Crippen LogP contribution is -2.47. The van der Waals surface area contributed by atoms with Crippen LogP contribution in [0.15, 0.2) is 36.4 Å². The van der Waals surface area contributed by atoms with E-state index in [0.29, 0.717) is 42.7 Å². The molecule has 4 aromatic rings. The van der Waals surface area contributed by atoms with Crippen LogP contribution in [0.2, 0.25) is 0 Å². The number of phenolic OH excluding ortho intramolecular Hbond substituents is 1. The van der Waals surface area contributed by atoms with Gasteiger partial charge in [-0.25, -0.2) is 14.5 Å². The number of phosphoric ester groups is 1. The van der Waals surface area contributed by atoms with E-state index in [9.17, 15) is 24.3 Å². The molecule has 14 heteroatoms. The third-order valence-electron chi connectivity index (χ3n) is 7.87. The molecule has 0 radical (unpaired) electrons. The average molecular weight is 721 g/mol. The normalized spacial score (nSPS) is 12.6. The molecule has 0 spiro atoms. The number of carbonyl (C=O) groups excluding carboxylic acids is 1. The average Bonchev–Trinajstić information content (AvgIpc) is 3.34. The van der Waals surface area contributed by atoms with Crippen LogP contribution in [0.5, 0.6) is 11.5 Å². The number of unbranched alkanes of at least 4 members (excludes halogenated alkanes) is 1. The number of phenols is 1. The number of amides is 1. The van der Waals surface area contributed by atoms with Crippen molar-refractivity contribution in [2.45, 2.75) is 77.8 Å². The molecule has 0 aliphatic rings. The van der Waals surface area contributed by atoms with Crippen LogP contribution in [0.25, 0.3) is 21.9 Å². The number of nitrogens with zero attached hydrogens (tertiary/aromatic N) is 3. The summed E-state index contributed by atoms with van der Waals surface area (Å²) in [7, 11) is -4.96. The fourth-order valence-electron chi connectivity index (χ4n) is 5.41. The van der Waals surface area contributed by atoms with Gasteiger partial charge in [-0.1, -0.05) is 61.3 Å². The second-order valence-corrected chi connectivity index (χ2v) is 14.5. The number of fused-ring (bicyclic) bond motifs is 3. The van der Waals surface area contributed by atoms with Crippen molar-refractivity contribution < 1.29 is 33.5 Å². The lowest BCUT2D eigenvalue weighted by Gasteiger charge is -2.29. The van der Waals surface area contributed by atoms with Gasteiger partial charge in [0.2, 0.25) is 5.91 Å². The third-order valence-corrected chi connectivity index (χ3v) is 8.79. The van der Waals surface area contributed by atoms with E-state index >= 15 is 0 Å². The van der Waals surface area contributed by atoms with Crippen LogP contribution in [0.4, 0.5) is 5.82 Å². The minimum Gasteiger partial charge on any atom is -0.504 e. The van der Waals surface area contributed by atoms with Gasteiger partial charge in [-0.3, -0.25) is 14.6 Å². The van der Waals surface area contributed by atoms with Gasteiger partial charge in [-0.2, -0.15) is 0 Å². The Hall–Kier alpha value is -3.22. The molecule has 1 amide bonds. The number of hydrogen-bond donors (Lipinski definition) is 5. The Morgan fingerprint density at radius 2 is 1.89 bits per heavy atom. The van der Waals surface area contributed by atoms with Crippen molar-refractivity contribution in [2.24, 2.45) is 0 Å². The predicted octanol–water partition coefficient (Wildman–Crippen LogP) is 5.71. The molecule has 0 saturated heterocycles. The molecule has 0 aliphatic carbocycles. The zero-order valence-electron chi connectivity index (χ0n) is 26.8. The van der Waals surface area contributed by atoms with Crippen molar-refractivity contribution in [1.82, 2.24) is 19.9 Å². The summed E-state index contributed by atoms with van der Waals surface area (Å²) in [5.74, 6) is 0.235. The number of imidazole rings is 1. The first kappa shape index (κ1) is 35.6. The third kappa shape index (κ3) is 8.57. The van der Waals surface area contributed by atoms with Gasteiger partial charge < -0.3 is 30.0 Å². The van der Waals surface area contributed by atoms with Gasteiger partial charge in [0.25, 0.3) is 0 Å². The predicted molar refractivity (Wildman–Crippen MR) is 182 cm³/mol. The Labute approximate surface area is 277 Å². The van der Waals surface area contributed by atoms with Gasteiger partial charge in [0.1, 0.15) is 11.3 Å². The van der Waals surface area contributed by atoms with Crippen LogP contribution in [0, 0.1) is 0 Å². The Kier molecular flexibility index (Phi) is 11.1. The summed E-state index contributed by atoms with van der Waals surface area (Å²) in [4.78, 5) is 40.4. The highest BCUT2D eigenvalue weighted by Gasteiger charge is 2.27. The minimum atomic E-state index is -4.96. The van der Waals surface area contributed by atoms with E-state index in [1.165, 1.54) is 6.07 Å². The number of nitrogens with two attached hydrogens (primary N) is 1. The Morgan fingerprint density at radius 3 is 2.57 bits per heavy atom. The summed E-state index contributed by atoms with van der Waals surface area (Å²) >= 11 is 3.17. The first-order valence-corrected chi connectivity index (χ1v) is 17.8. The lowest BCUT2D eigenvalue weighted by atomic mass is 9.81. The van der Waals surface area contributed by atoms with Crippen molar-refractivity contribution in [3.05, 3.63) is 53.3 Å². The van der Waals surface area contributed by atoms with Crippen molar-refractivity contribution in [2.75, 3.05) is 24.3 Å². The molecule has 2 aromatic carbocycles. The van der Waals surface area contributed by atoms with E-state index in [0.717, 1.165) is 35.1 Å². The fraction of sp³-hybridized carbons (Fsp3) is 0.469. The molecule has 0 bridgehead atoms. The van der Waals surface area contributed by atoms with Crippen LogP contribution in [0.1, 0.15) is 70.8 Å². The molecule has 0 saturated carbocycles. The molecular weight excluding hydrogens is 677 g/mol. The van der Waals surface area contributed by atoms with Crippen molar-refractivity contribution in [1.29, 1.82) is 0 Å². The Bertz CT molecular complexity index is 1770. The fourth-order valence-corrected chi connectivity index (χ4v) is 6.00. The van der Waals surface area contributed by atoms with Gasteiger partial charge in [-0.15, -0.1) is 0 Å². The van der Waals surface area contributed by atoms with E-state index in [-0.39, 0.29) is 40.5 Å². The number of pyridine rings is 1. The van der Waals surface area contributed by atoms with Crippen LogP contribution >= 0.6 is 23.8 Å². The number of rotatable bonds is 15. The topological polar surface area (TPSA) is 182 Å². The smallest absolute Gasteiger partial charge is 0.504 e. The number of ether oxygens (including phenoxy) is 1. The summed E-state index contributed by atoms with van der Waals surface area (Å²) in [6.45, 7) is 11.2. The molecule has 2 aromatic heterocycles. The highest BCUT2D eigenvalue weighted by molar-refractivity contribution is 9.09. The van der Waals surface area contributed by atoms with Gasteiger partial charge in [0.15, 0.2) is 17.3 Å². The monoisotopic (exact) mass is 719 g/mol. The maximum Gasteiger partial charge on any atom is 0.524 e. The number of halogens is 1. The van der Waals surface area contributed by atoms with Gasteiger partial charge in [-0.05, 0) is 55.9 Å². The number of benzene rings is 2. The van der Waals surface area contributed by atoms with E-state index in [4.69, 9.17) is 20.0 Å². The number of anilines is 1. The summed E-state index contributed by atoms with van der Waals surface area (Å²) in [6, 6.07) is 10.6. The molecule has 250 valence electrons. The second kappa shape index (κ2) is 14.3. The van der Waals surface area contributed by atoms with E-state index in [2.05, 4.69) is 53.1 Å². The summed E-state index contributed by atoms with van der Waals surface area (Å²) in [5, 5.41) is 14.5. The Morgan fingerprint density at radius 1 is 1.15 bits per heavy atom. The number of aromatic nitrogens is 3. The van der Waals surface area contributed by atoms with Crippen LogP contribution in [-0.2, 0) is 32.5 Å². The van der Waals surface area contributed by atoms with Gasteiger partial charge in [0, 0.05) is 24.0 Å². The second-order valence-electron chi connectivity index (χ2n) is 12.7. The molecule has 0 fully saturated rings. The maximum atomic E-state index is 11.8. The minimum absolute atomic E-state index is 0.0997. The van der Waals surface area contributed by atoms with Crippen LogP contribution < -0.4 is 15.6 Å². The van der Waals surface area contributed by atoms with E-state index in [1.807, 2.05) is 30.5 Å². The maximum absolute atomic E-state index is 11.8. The summed E-state index contributed by atoms with van der Waals surface area (Å²) in [6.07, 6.45) is 3.13. The molecule has 46 heavy (non-hydrogen) atoms. The zero-order valence-corrected chi connectivity index (χ0v) is 29.3. The SMILES string of the molecule is CCCCc1nc2c(N)nc3ccc(C(C)(C)CCOCC(C)(C)NC(=O)CBr)cc3c2n1Cc1cccc(O)c1OP(=O)(O)O. The highest BCUT2D eigenvalue weighted by Crippen LogP contribution is 2.44. The first-order chi connectivity index (χ1) is 21.5. The molecule has 12 nitrogen and oxygen atoms in total. The molecule has 0 aliphatic heterocycles. The van der Waals surface area contributed by atoms with Crippen LogP contribution in [-0.4, -0.2) is 59.4 Å². The Balaban J connectivity index is 1.75. The number of nitrogens with one attached hydrogen (secondary N) is 1. The van der Waals surface area contributed by atoms with Crippen molar-refractivity contribution in [3.8, 4) is 11.5 Å². The number of para-hydroxylation sites is 1.